The Morgan fingerprint density at radius 3 is 2.91 bits per heavy atom. The van der Waals surface area contributed by atoms with Crippen LogP contribution in [0.4, 0.5) is 0 Å². The number of hydrogen-bond acceptors (Lipinski definition) is 3. The molecule has 2 N–H and O–H groups in total. The van der Waals surface area contributed by atoms with E-state index in [0.29, 0.717) is 6.10 Å². The maximum Gasteiger partial charge on any atom is 0.169 e. The number of nitrogens with one attached hydrogen (secondary N) is 2. The molecule has 1 atom stereocenters. The second-order valence-corrected chi connectivity index (χ2v) is 8.87. The van der Waals surface area contributed by atoms with Crippen molar-refractivity contribution >= 4 is 44.6 Å². The summed E-state index contributed by atoms with van der Waals surface area (Å²) in [7, 11) is 0. The monoisotopic (exact) mass is 404 g/mol. The van der Waals surface area contributed by atoms with Gasteiger partial charge in [0.1, 0.15) is 6.54 Å². The van der Waals surface area contributed by atoms with E-state index in [0.717, 1.165) is 57.4 Å². The van der Waals surface area contributed by atoms with Crippen molar-refractivity contribution in [2.45, 2.75) is 25.5 Å². The molecule has 4 nitrogen and oxygen atoms in total. The van der Waals surface area contributed by atoms with Crippen molar-refractivity contribution in [3.8, 4) is 0 Å². The maximum absolute atomic E-state index is 5.63. The summed E-state index contributed by atoms with van der Waals surface area (Å²) in [4.78, 5) is 5.40. The van der Waals surface area contributed by atoms with Gasteiger partial charge in [0.2, 0.25) is 0 Å². The topological polar surface area (TPSA) is 28.9 Å². The van der Waals surface area contributed by atoms with Gasteiger partial charge < -0.3 is 19.9 Å². The molecule has 2 aliphatic heterocycles. The van der Waals surface area contributed by atoms with Crippen molar-refractivity contribution in [2.24, 2.45) is 0 Å². The van der Waals surface area contributed by atoms with Crippen molar-refractivity contribution < 1.29 is 9.64 Å². The molecule has 0 aliphatic carbocycles. The lowest BCUT2D eigenvalue weighted by Crippen LogP contribution is -3.13. The third-order valence-corrected chi connectivity index (χ3v) is 6.34. The van der Waals surface area contributed by atoms with Crippen LogP contribution in [-0.2, 0) is 11.3 Å². The van der Waals surface area contributed by atoms with Gasteiger partial charge in [-0.1, -0.05) is 0 Å². The molecule has 22 heavy (non-hydrogen) atoms. The highest BCUT2D eigenvalue weighted by molar-refractivity contribution is 9.11. The minimum Gasteiger partial charge on any atom is -0.376 e. The molecule has 0 radical (unpaired) electrons. The van der Waals surface area contributed by atoms with Gasteiger partial charge in [-0.05, 0) is 53.1 Å². The van der Waals surface area contributed by atoms with Gasteiger partial charge in [-0.25, -0.2) is 0 Å². The van der Waals surface area contributed by atoms with Crippen LogP contribution in [0.25, 0.3) is 0 Å². The third kappa shape index (κ3) is 4.64. The molecule has 122 valence electrons. The first-order chi connectivity index (χ1) is 10.7. The van der Waals surface area contributed by atoms with E-state index >= 15 is 0 Å². The molecular formula is C15H23BrN3OS2+. The molecule has 1 aromatic heterocycles. The second-order valence-electron chi connectivity index (χ2n) is 5.94. The SMILES string of the molecule is S=C(NC[C@H]1CCCO1)N1CC[NH+](Cc2ccc(Br)s2)CC1. The molecule has 0 unspecified atom stereocenters. The summed E-state index contributed by atoms with van der Waals surface area (Å²) in [5, 5.41) is 4.28. The number of nitrogens with zero attached hydrogens (tertiary/aromatic N) is 1. The number of thiocarbonyl (C=S) groups is 1. The van der Waals surface area contributed by atoms with Gasteiger partial charge in [-0.3, -0.25) is 0 Å². The Labute approximate surface area is 149 Å². The van der Waals surface area contributed by atoms with Crippen molar-refractivity contribution in [1.82, 2.24) is 10.2 Å². The van der Waals surface area contributed by atoms with Crippen LogP contribution in [0.5, 0.6) is 0 Å². The van der Waals surface area contributed by atoms with Crippen LogP contribution in [-0.4, -0.2) is 55.4 Å². The summed E-state index contributed by atoms with van der Waals surface area (Å²) < 4.78 is 6.85. The summed E-state index contributed by atoms with van der Waals surface area (Å²) in [5.41, 5.74) is 0. The number of thiophene rings is 1. The lowest BCUT2D eigenvalue weighted by molar-refractivity contribution is -0.917. The van der Waals surface area contributed by atoms with E-state index < -0.39 is 0 Å². The zero-order valence-corrected chi connectivity index (χ0v) is 15.9. The molecule has 1 aromatic rings. The summed E-state index contributed by atoms with van der Waals surface area (Å²) in [5.74, 6) is 0. The first-order valence-electron chi connectivity index (χ1n) is 7.93. The van der Waals surface area contributed by atoms with E-state index in [-0.39, 0.29) is 0 Å². The van der Waals surface area contributed by atoms with E-state index in [9.17, 15) is 0 Å². The highest BCUT2D eigenvalue weighted by Gasteiger charge is 2.23. The molecule has 0 bridgehead atoms. The fourth-order valence-electron chi connectivity index (χ4n) is 3.01. The summed E-state index contributed by atoms with van der Waals surface area (Å²) in [6.45, 7) is 7.27. The van der Waals surface area contributed by atoms with Gasteiger partial charge in [0.15, 0.2) is 5.11 Å². The zero-order valence-electron chi connectivity index (χ0n) is 12.6. The molecular weight excluding hydrogens is 382 g/mol. The maximum atomic E-state index is 5.63. The Bertz CT molecular complexity index is 497. The van der Waals surface area contributed by atoms with Crippen molar-refractivity contribution in [3.05, 3.63) is 20.8 Å². The number of piperazine rings is 1. The number of quaternary nitrogens is 1. The highest BCUT2D eigenvalue weighted by Crippen LogP contribution is 2.21. The molecule has 0 spiro atoms. The molecule has 2 aliphatic rings. The van der Waals surface area contributed by atoms with Crippen LogP contribution >= 0.6 is 39.5 Å². The van der Waals surface area contributed by atoms with Crippen molar-refractivity contribution in [2.75, 3.05) is 39.3 Å². The van der Waals surface area contributed by atoms with E-state index in [2.05, 4.69) is 38.3 Å². The van der Waals surface area contributed by atoms with Crippen molar-refractivity contribution in [1.29, 1.82) is 0 Å². The zero-order chi connectivity index (χ0) is 15.4. The average molecular weight is 405 g/mol. The Morgan fingerprint density at radius 2 is 2.27 bits per heavy atom. The molecule has 3 rings (SSSR count). The summed E-state index contributed by atoms with van der Waals surface area (Å²) in [6.07, 6.45) is 2.69. The Morgan fingerprint density at radius 1 is 1.45 bits per heavy atom. The van der Waals surface area contributed by atoms with Crippen LogP contribution in [0.15, 0.2) is 15.9 Å². The third-order valence-electron chi connectivity index (χ3n) is 4.32. The minimum atomic E-state index is 0.349. The fourth-order valence-corrected chi connectivity index (χ4v) is 4.83. The predicted octanol–water partition coefficient (Wildman–Crippen LogP) is 1.26. The molecule has 0 saturated carbocycles. The van der Waals surface area contributed by atoms with Crippen LogP contribution in [0.2, 0.25) is 0 Å². The van der Waals surface area contributed by atoms with E-state index in [1.54, 1.807) is 4.90 Å². The Kier molecular flexibility index (Phi) is 6.09. The van der Waals surface area contributed by atoms with Gasteiger partial charge in [-0.15, -0.1) is 11.3 Å². The van der Waals surface area contributed by atoms with E-state index in [1.165, 1.54) is 15.1 Å². The van der Waals surface area contributed by atoms with Crippen LogP contribution < -0.4 is 10.2 Å². The van der Waals surface area contributed by atoms with Crippen molar-refractivity contribution in [3.63, 3.8) is 0 Å². The van der Waals surface area contributed by atoms with Gasteiger partial charge in [-0.2, -0.15) is 0 Å². The molecule has 3 heterocycles. The highest BCUT2D eigenvalue weighted by atomic mass is 79.9. The fraction of sp³-hybridized carbons (Fsp3) is 0.667. The van der Waals surface area contributed by atoms with Gasteiger partial charge in [0, 0.05) is 13.2 Å². The number of hydrogen-bond donors (Lipinski definition) is 2. The van der Waals surface area contributed by atoms with Crippen LogP contribution in [0.3, 0.4) is 0 Å². The Hall–Kier alpha value is -0.210. The molecule has 7 heteroatoms. The normalized spacial score (nSPS) is 23.0. The first-order valence-corrected chi connectivity index (χ1v) is 9.94. The molecule has 0 aromatic carbocycles. The predicted molar refractivity (Wildman–Crippen MR) is 97.6 cm³/mol. The summed E-state index contributed by atoms with van der Waals surface area (Å²) in [6, 6.07) is 4.36. The van der Waals surface area contributed by atoms with Crippen LogP contribution in [0, 0.1) is 0 Å². The number of rotatable bonds is 4. The van der Waals surface area contributed by atoms with Gasteiger partial charge in [0.05, 0.1) is 40.9 Å². The molecule has 2 fully saturated rings. The quantitative estimate of drug-likeness (QED) is 0.739. The minimum absolute atomic E-state index is 0.349. The van der Waals surface area contributed by atoms with E-state index in [4.69, 9.17) is 17.0 Å². The van der Waals surface area contributed by atoms with E-state index in [1.807, 2.05) is 11.3 Å². The molecule has 2 saturated heterocycles. The van der Waals surface area contributed by atoms with Crippen LogP contribution in [0.1, 0.15) is 17.7 Å². The number of ether oxygens (including phenoxy) is 1. The summed E-state index contributed by atoms with van der Waals surface area (Å²) >= 11 is 10.9. The largest absolute Gasteiger partial charge is 0.376 e. The first kappa shape index (κ1) is 16.6. The second kappa shape index (κ2) is 8.06. The standard InChI is InChI=1S/C15H22BrN3OS2/c16-14-4-3-13(22-14)11-18-5-7-19(8-6-18)15(21)17-10-12-2-1-9-20-12/h3-4,12H,1-2,5-11H2,(H,17,21)/p+1/t12-/m1/s1. The lowest BCUT2D eigenvalue weighted by Gasteiger charge is -2.34. The Balaban J connectivity index is 1.38. The lowest BCUT2D eigenvalue weighted by atomic mass is 10.2. The average Bonchev–Trinajstić information content (AvgIpc) is 3.17. The van der Waals surface area contributed by atoms with Gasteiger partial charge in [0.25, 0.3) is 0 Å². The smallest absolute Gasteiger partial charge is 0.169 e. The molecule has 0 amide bonds. The number of halogens is 1. The van der Waals surface area contributed by atoms with Gasteiger partial charge >= 0.3 is 0 Å².